The van der Waals surface area contributed by atoms with Gasteiger partial charge in [0.2, 0.25) is 5.91 Å². The van der Waals surface area contributed by atoms with E-state index in [2.05, 4.69) is 43.5 Å². The molecule has 0 bridgehead atoms. The van der Waals surface area contributed by atoms with Gasteiger partial charge in [-0.2, -0.15) is 0 Å². The summed E-state index contributed by atoms with van der Waals surface area (Å²) in [6, 6.07) is -1.01. The predicted octanol–water partition coefficient (Wildman–Crippen LogP) is 16.6. The molecule has 64 heavy (non-hydrogen) atoms. The van der Waals surface area contributed by atoms with Crippen molar-refractivity contribution >= 4 is 5.91 Å². The summed E-state index contributed by atoms with van der Waals surface area (Å²) in [4.78, 5) is 12.6. The summed E-state index contributed by atoms with van der Waals surface area (Å²) in [5.41, 5.74) is 0. The Morgan fingerprint density at radius 3 is 0.984 bits per heavy atom. The number of allylic oxidation sites excluding steroid dienone is 4. The Hall–Kier alpha value is -1.21. The zero-order valence-corrected chi connectivity index (χ0v) is 43.0. The molecule has 0 spiro atoms. The number of unbranched alkanes of at least 4 members (excludes halogenated alkanes) is 40. The molecular weight excluding hydrogens is 791 g/mol. The monoisotopic (exact) mass is 904 g/mol. The summed E-state index contributed by atoms with van der Waals surface area (Å²) in [5, 5.41) is 43.9. The van der Waals surface area contributed by atoms with Crippen molar-refractivity contribution in [2.24, 2.45) is 0 Å². The molecule has 5 N–H and O–H groups in total. The molecule has 0 aliphatic carbocycles. The smallest absolute Gasteiger partial charge is 0.249 e. The second-order valence-electron chi connectivity index (χ2n) is 20.0. The highest BCUT2D eigenvalue weighted by Gasteiger charge is 2.28. The van der Waals surface area contributed by atoms with Crippen LogP contribution in [-0.2, 0) is 4.79 Å². The average Bonchev–Trinajstić information content (AvgIpc) is 3.30. The standard InChI is InChI=1S/C58H113NO5/c1-3-5-7-9-11-13-15-17-19-21-22-23-24-25-26-27-28-29-30-31-32-33-34-36-38-40-42-44-46-48-50-52-56(62)58(64)59-54(53-60)57(63)55(61)51-49-47-45-43-41-39-37-35-20-18-16-14-12-10-8-6-4-2/h35,37,43,45,54-57,60-63H,3-34,36,38-42,44,46-53H2,1-2H3,(H,59,64)/b37-35+,45-43+. The summed E-state index contributed by atoms with van der Waals surface area (Å²) in [7, 11) is 0. The van der Waals surface area contributed by atoms with Crippen LogP contribution in [0.3, 0.4) is 0 Å². The van der Waals surface area contributed by atoms with E-state index in [1.165, 1.54) is 238 Å². The summed E-state index contributed by atoms with van der Waals surface area (Å²) in [5.74, 6) is -0.592. The fourth-order valence-corrected chi connectivity index (χ4v) is 9.13. The summed E-state index contributed by atoms with van der Waals surface area (Å²) in [6.07, 6.45) is 64.1. The van der Waals surface area contributed by atoms with Crippen molar-refractivity contribution in [3.05, 3.63) is 24.3 Å². The van der Waals surface area contributed by atoms with Crippen LogP contribution >= 0.6 is 0 Å². The SMILES string of the molecule is CCCCCCCCCC/C=C/CC/C=C/CCCC(O)C(O)C(CO)NC(=O)C(O)CCCCCCCCCCCCCCCCCCCCCCCCCCCCCCCCC. The molecule has 0 saturated carbocycles. The molecule has 1 amide bonds. The Morgan fingerprint density at radius 1 is 0.375 bits per heavy atom. The van der Waals surface area contributed by atoms with Crippen LogP contribution in [0.5, 0.6) is 0 Å². The van der Waals surface area contributed by atoms with E-state index in [1.54, 1.807) is 0 Å². The van der Waals surface area contributed by atoms with E-state index in [0.717, 1.165) is 38.5 Å². The number of aliphatic hydroxyl groups is 4. The molecule has 0 fully saturated rings. The van der Waals surface area contributed by atoms with Crippen LogP contribution in [0.25, 0.3) is 0 Å². The van der Waals surface area contributed by atoms with Gasteiger partial charge in [0, 0.05) is 0 Å². The lowest BCUT2D eigenvalue weighted by atomic mass is 10.00. The number of nitrogens with one attached hydrogen (secondary N) is 1. The van der Waals surface area contributed by atoms with Gasteiger partial charge in [0.1, 0.15) is 12.2 Å². The molecule has 0 saturated heterocycles. The van der Waals surface area contributed by atoms with Gasteiger partial charge in [-0.05, 0) is 51.4 Å². The number of hydrogen-bond donors (Lipinski definition) is 5. The lowest BCUT2D eigenvalue weighted by molar-refractivity contribution is -0.132. The van der Waals surface area contributed by atoms with Gasteiger partial charge >= 0.3 is 0 Å². The topological polar surface area (TPSA) is 110 Å². The minimum atomic E-state index is -1.29. The Kier molecular flexibility index (Phi) is 51.8. The highest BCUT2D eigenvalue weighted by molar-refractivity contribution is 5.80. The van der Waals surface area contributed by atoms with E-state index in [-0.39, 0.29) is 0 Å². The molecule has 4 unspecified atom stereocenters. The maximum absolute atomic E-state index is 12.6. The number of hydrogen-bond acceptors (Lipinski definition) is 5. The third-order valence-corrected chi connectivity index (χ3v) is 13.6. The molecule has 0 aromatic rings. The second-order valence-corrected chi connectivity index (χ2v) is 20.0. The van der Waals surface area contributed by atoms with E-state index in [9.17, 15) is 25.2 Å². The lowest BCUT2D eigenvalue weighted by Crippen LogP contribution is -2.53. The molecule has 6 nitrogen and oxygen atoms in total. The molecule has 4 atom stereocenters. The van der Waals surface area contributed by atoms with Gasteiger partial charge in [-0.15, -0.1) is 0 Å². The first-order valence-corrected chi connectivity index (χ1v) is 28.7. The van der Waals surface area contributed by atoms with E-state index < -0.39 is 36.9 Å². The van der Waals surface area contributed by atoms with Gasteiger partial charge in [0.15, 0.2) is 0 Å². The van der Waals surface area contributed by atoms with Crippen LogP contribution < -0.4 is 5.32 Å². The Bertz CT molecular complexity index is 970. The van der Waals surface area contributed by atoms with Gasteiger partial charge in [-0.3, -0.25) is 4.79 Å². The normalized spacial score (nSPS) is 13.9. The van der Waals surface area contributed by atoms with Gasteiger partial charge in [0.25, 0.3) is 0 Å². The van der Waals surface area contributed by atoms with Crippen molar-refractivity contribution in [3.63, 3.8) is 0 Å². The van der Waals surface area contributed by atoms with Crippen molar-refractivity contribution in [2.45, 2.75) is 334 Å². The van der Waals surface area contributed by atoms with Crippen molar-refractivity contribution in [2.75, 3.05) is 6.61 Å². The second kappa shape index (κ2) is 52.8. The van der Waals surface area contributed by atoms with Crippen LogP contribution in [0.1, 0.15) is 309 Å². The third kappa shape index (κ3) is 45.9. The maximum atomic E-state index is 12.6. The highest BCUT2D eigenvalue weighted by Crippen LogP contribution is 2.18. The Labute approximate surface area is 399 Å². The van der Waals surface area contributed by atoms with Crippen molar-refractivity contribution in [1.29, 1.82) is 0 Å². The largest absolute Gasteiger partial charge is 0.394 e. The number of carbonyl (C=O) groups is 1. The number of rotatable bonds is 53. The van der Waals surface area contributed by atoms with Crippen molar-refractivity contribution in [1.82, 2.24) is 5.32 Å². The minimum Gasteiger partial charge on any atom is -0.394 e. The molecule has 0 aromatic heterocycles. The zero-order valence-electron chi connectivity index (χ0n) is 43.0. The van der Waals surface area contributed by atoms with Gasteiger partial charge in [0.05, 0.1) is 18.8 Å². The first-order valence-electron chi connectivity index (χ1n) is 28.7. The Morgan fingerprint density at radius 2 is 0.656 bits per heavy atom. The molecule has 0 aliphatic heterocycles. The van der Waals surface area contributed by atoms with Gasteiger partial charge < -0.3 is 25.7 Å². The van der Waals surface area contributed by atoms with Crippen LogP contribution in [-0.4, -0.2) is 57.3 Å². The number of aliphatic hydroxyl groups excluding tert-OH is 4. The lowest BCUT2D eigenvalue weighted by Gasteiger charge is -2.27. The first kappa shape index (κ1) is 62.8. The molecule has 0 heterocycles. The predicted molar refractivity (Wildman–Crippen MR) is 279 cm³/mol. The molecule has 0 radical (unpaired) electrons. The fraction of sp³-hybridized carbons (Fsp3) is 0.914. The number of carbonyl (C=O) groups excluding carboxylic acids is 1. The minimum absolute atomic E-state index is 0.365. The van der Waals surface area contributed by atoms with Crippen molar-refractivity contribution in [3.8, 4) is 0 Å². The molecule has 0 rings (SSSR count). The van der Waals surface area contributed by atoms with Crippen LogP contribution in [0, 0.1) is 0 Å². The summed E-state index contributed by atoms with van der Waals surface area (Å²) in [6.45, 7) is 4.06. The van der Waals surface area contributed by atoms with Gasteiger partial charge in [-0.25, -0.2) is 0 Å². The molecule has 6 heteroatoms. The summed E-state index contributed by atoms with van der Waals surface area (Å²) >= 11 is 0. The maximum Gasteiger partial charge on any atom is 0.249 e. The fourth-order valence-electron chi connectivity index (χ4n) is 9.13. The van der Waals surface area contributed by atoms with E-state index >= 15 is 0 Å². The van der Waals surface area contributed by atoms with Crippen LogP contribution in [0.15, 0.2) is 24.3 Å². The Balaban J connectivity index is 3.59. The zero-order chi connectivity index (χ0) is 46.7. The van der Waals surface area contributed by atoms with Crippen LogP contribution in [0.2, 0.25) is 0 Å². The summed E-state index contributed by atoms with van der Waals surface area (Å²) < 4.78 is 0. The first-order chi connectivity index (χ1) is 31.5. The van der Waals surface area contributed by atoms with E-state index in [0.29, 0.717) is 19.3 Å². The quantitative estimate of drug-likeness (QED) is 0.0308. The number of amides is 1. The van der Waals surface area contributed by atoms with Crippen molar-refractivity contribution < 1.29 is 25.2 Å². The highest BCUT2D eigenvalue weighted by atomic mass is 16.3. The molecule has 0 aliphatic rings. The molecular formula is C58H113NO5. The van der Waals surface area contributed by atoms with E-state index in [1.807, 2.05) is 0 Å². The van der Waals surface area contributed by atoms with Crippen LogP contribution in [0.4, 0.5) is 0 Å². The van der Waals surface area contributed by atoms with Gasteiger partial charge in [-0.1, -0.05) is 282 Å². The molecule has 0 aromatic carbocycles. The third-order valence-electron chi connectivity index (χ3n) is 13.6. The van der Waals surface area contributed by atoms with E-state index in [4.69, 9.17) is 0 Å². The molecule has 380 valence electrons. The average molecular weight is 905 g/mol.